The Morgan fingerprint density at radius 3 is 2.90 bits per heavy atom. The standard InChI is InChI=1S/C24H29N5O/c1-15-9-18(20-7-5-16(11-25)23-21(20)3-2-8-26-23)14-29(13-15)24(30)28-22-10-19-6-4-17(22)12-27-19/h2-3,5,7-8,15,17-19,22,27H,4,6,9-10,12-14H2,1H3,(H,28,30)/t15-,17?,18+,19?,22?/m1/s1. The number of nitrogens with zero attached hydrogens (tertiary/aromatic N) is 3. The van der Waals surface area contributed by atoms with Crippen molar-refractivity contribution in [3.8, 4) is 6.07 Å². The molecule has 4 aliphatic rings. The van der Waals surface area contributed by atoms with Crippen LogP contribution >= 0.6 is 0 Å². The number of piperidine rings is 3. The first kappa shape index (κ1) is 19.3. The Bertz CT molecular complexity index is 991. The summed E-state index contributed by atoms with van der Waals surface area (Å²) in [5.74, 6) is 1.25. The Hall–Kier alpha value is -2.65. The topological polar surface area (TPSA) is 81.0 Å². The molecule has 3 unspecified atom stereocenters. The van der Waals surface area contributed by atoms with E-state index in [1.54, 1.807) is 6.20 Å². The van der Waals surface area contributed by atoms with Gasteiger partial charge in [-0.1, -0.05) is 19.1 Å². The van der Waals surface area contributed by atoms with E-state index in [4.69, 9.17) is 0 Å². The number of hydrogen-bond donors (Lipinski definition) is 2. The number of likely N-dealkylation sites (tertiary alicyclic amines) is 1. The van der Waals surface area contributed by atoms with E-state index in [0.717, 1.165) is 36.8 Å². The van der Waals surface area contributed by atoms with E-state index in [1.165, 1.54) is 18.4 Å². The number of hydrogen-bond acceptors (Lipinski definition) is 4. The molecule has 0 radical (unpaired) electrons. The van der Waals surface area contributed by atoms with Crippen molar-refractivity contribution in [2.75, 3.05) is 19.6 Å². The van der Waals surface area contributed by atoms with Crippen molar-refractivity contribution in [1.82, 2.24) is 20.5 Å². The largest absolute Gasteiger partial charge is 0.335 e. The van der Waals surface area contributed by atoms with E-state index in [1.807, 2.05) is 23.1 Å². The molecule has 1 aromatic carbocycles. The molecule has 2 N–H and O–H groups in total. The molecule has 1 aromatic heterocycles. The second-order valence-corrected chi connectivity index (χ2v) is 9.39. The molecule has 3 aliphatic heterocycles. The van der Waals surface area contributed by atoms with Crippen LogP contribution in [0.15, 0.2) is 30.5 Å². The molecule has 2 bridgehead atoms. The van der Waals surface area contributed by atoms with Gasteiger partial charge in [0.2, 0.25) is 0 Å². The molecule has 6 rings (SSSR count). The molecule has 6 nitrogen and oxygen atoms in total. The third-order valence-corrected chi connectivity index (χ3v) is 7.28. The molecular formula is C24H29N5O. The first-order valence-electron chi connectivity index (χ1n) is 11.2. The maximum absolute atomic E-state index is 13.2. The fourth-order valence-electron chi connectivity index (χ4n) is 5.79. The van der Waals surface area contributed by atoms with E-state index < -0.39 is 0 Å². The summed E-state index contributed by atoms with van der Waals surface area (Å²) in [5.41, 5.74) is 2.56. The van der Waals surface area contributed by atoms with Crippen molar-refractivity contribution >= 4 is 16.9 Å². The summed E-state index contributed by atoms with van der Waals surface area (Å²) in [4.78, 5) is 19.6. The monoisotopic (exact) mass is 403 g/mol. The molecule has 3 saturated heterocycles. The molecule has 4 heterocycles. The van der Waals surface area contributed by atoms with Crippen molar-refractivity contribution in [1.29, 1.82) is 5.26 Å². The Kier molecular flexibility index (Phi) is 5.08. The van der Waals surface area contributed by atoms with Crippen molar-refractivity contribution in [3.63, 3.8) is 0 Å². The number of carbonyl (C=O) groups excluding carboxylic acids is 1. The van der Waals surface area contributed by atoms with Crippen LogP contribution in [0.1, 0.15) is 49.7 Å². The van der Waals surface area contributed by atoms with Crippen LogP contribution in [0.3, 0.4) is 0 Å². The molecule has 4 fully saturated rings. The number of carbonyl (C=O) groups is 1. The van der Waals surface area contributed by atoms with E-state index in [9.17, 15) is 10.1 Å². The van der Waals surface area contributed by atoms with Gasteiger partial charge in [0.15, 0.2) is 0 Å². The fraction of sp³-hybridized carbons (Fsp3) is 0.542. The van der Waals surface area contributed by atoms with Crippen molar-refractivity contribution in [2.45, 2.75) is 50.6 Å². The number of aromatic nitrogens is 1. The second kappa shape index (κ2) is 7.88. The van der Waals surface area contributed by atoms with E-state index in [2.05, 4.69) is 34.7 Å². The van der Waals surface area contributed by atoms with Crippen LogP contribution in [0.25, 0.3) is 10.9 Å². The molecule has 6 heteroatoms. The molecule has 1 aliphatic carbocycles. The lowest BCUT2D eigenvalue weighted by atomic mass is 9.77. The van der Waals surface area contributed by atoms with Gasteiger partial charge in [-0.25, -0.2) is 4.79 Å². The van der Waals surface area contributed by atoms with Crippen LogP contribution in [0.4, 0.5) is 4.79 Å². The van der Waals surface area contributed by atoms with Crippen LogP contribution in [0.2, 0.25) is 0 Å². The molecular weight excluding hydrogens is 374 g/mol. The quantitative estimate of drug-likeness (QED) is 0.805. The number of urea groups is 1. The summed E-state index contributed by atoms with van der Waals surface area (Å²) in [6.45, 7) is 4.76. The first-order valence-corrected chi connectivity index (χ1v) is 11.2. The number of benzene rings is 1. The molecule has 0 spiro atoms. The third-order valence-electron chi connectivity index (χ3n) is 7.28. The molecule has 5 atom stereocenters. The number of rotatable bonds is 2. The summed E-state index contributed by atoms with van der Waals surface area (Å²) in [6, 6.07) is 11.1. The number of fused-ring (bicyclic) bond motifs is 4. The van der Waals surface area contributed by atoms with E-state index in [0.29, 0.717) is 36.0 Å². The lowest BCUT2D eigenvalue weighted by molar-refractivity contribution is 0.128. The van der Waals surface area contributed by atoms with Crippen molar-refractivity contribution in [3.05, 3.63) is 41.6 Å². The lowest BCUT2D eigenvalue weighted by Crippen LogP contribution is -2.59. The zero-order valence-electron chi connectivity index (χ0n) is 17.5. The van der Waals surface area contributed by atoms with Crippen LogP contribution in [-0.2, 0) is 0 Å². The van der Waals surface area contributed by atoms with Gasteiger partial charge in [-0.05, 0) is 55.2 Å². The highest BCUT2D eigenvalue weighted by Gasteiger charge is 2.38. The SMILES string of the molecule is C[C@@H]1C[C@H](c2ccc(C#N)c3ncccc23)CN(C(=O)NC2CC3CCC2CN3)C1. The first-order chi connectivity index (χ1) is 14.6. The minimum atomic E-state index is 0.0835. The summed E-state index contributed by atoms with van der Waals surface area (Å²) in [5, 5.41) is 17.4. The van der Waals surface area contributed by atoms with Gasteiger partial charge in [-0.15, -0.1) is 0 Å². The molecule has 156 valence electrons. The average molecular weight is 404 g/mol. The Morgan fingerprint density at radius 2 is 2.17 bits per heavy atom. The Labute approximate surface area is 177 Å². The highest BCUT2D eigenvalue weighted by molar-refractivity contribution is 5.87. The number of nitrogens with one attached hydrogen (secondary N) is 2. The third kappa shape index (κ3) is 3.52. The van der Waals surface area contributed by atoms with Gasteiger partial charge in [-0.3, -0.25) is 4.98 Å². The number of pyridine rings is 1. The van der Waals surface area contributed by atoms with Crippen LogP contribution in [-0.4, -0.2) is 47.6 Å². The molecule has 30 heavy (non-hydrogen) atoms. The minimum absolute atomic E-state index is 0.0835. The predicted molar refractivity (Wildman–Crippen MR) is 116 cm³/mol. The smallest absolute Gasteiger partial charge is 0.317 e. The van der Waals surface area contributed by atoms with Crippen molar-refractivity contribution < 1.29 is 4.79 Å². The van der Waals surface area contributed by atoms with Gasteiger partial charge < -0.3 is 15.5 Å². The van der Waals surface area contributed by atoms with Gasteiger partial charge in [0.25, 0.3) is 0 Å². The van der Waals surface area contributed by atoms with E-state index in [-0.39, 0.29) is 11.9 Å². The van der Waals surface area contributed by atoms with Crippen LogP contribution in [0.5, 0.6) is 0 Å². The van der Waals surface area contributed by atoms with Gasteiger partial charge in [0, 0.05) is 49.2 Å². The zero-order chi connectivity index (χ0) is 20.7. The molecule has 1 saturated carbocycles. The lowest BCUT2D eigenvalue weighted by Gasteiger charge is -2.44. The van der Waals surface area contributed by atoms with Gasteiger partial charge >= 0.3 is 6.03 Å². The van der Waals surface area contributed by atoms with E-state index >= 15 is 0 Å². The van der Waals surface area contributed by atoms with Crippen LogP contribution in [0, 0.1) is 23.2 Å². The summed E-state index contributed by atoms with van der Waals surface area (Å²) >= 11 is 0. The minimum Gasteiger partial charge on any atom is -0.335 e. The maximum Gasteiger partial charge on any atom is 0.317 e. The van der Waals surface area contributed by atoms with Gasteiger partial charge in [-0.2, -0.15) is 5.26 Å². The zero-order valence-corrected chi connectivity index (χ0v) is 17.5. The van der Waals surface area contributed by atoms with Crippen molar-refractivity contribution in [2.24, 2.45) is 11.8 Å². The van der Waals surface area contributed by atoms with Gasteiger partial charge in [0.05, 0.1) is 11.1 Å². The van der Waals surface area contributed by atoms with Gasteiger partial charge in [0.1, 0.15) is 6.07 Å². The summed E-state index contributed by atoms with van der Waals surface area (Å²) in [7, 11) is 0. The average Bonchev–Trinajstić information content (AvgIpc) is 2.78. The van der Waals surface area contributed by atoms with Crippen LogP contribution < -0.4 is 10.6 Å². The Balaban J connectivity index is 1.36. The highest BCUT2D eigenvalue weighted by Crippen LogP contribution is 2.35. The summed E-state index contributed by atoms with van der Waals surface area (Å²) < 4.78 is 0. The maximum atomic E-state index is 13.2. The highest BCUT2D eigenvalue weighted by atomic mass is 16.2. The Morgan fingerprint density at radius 1 is 1.27 bits per heavy atom. The second-order valence-electron chi connectivity index (χ2n) is 9.39. The molecule has 2 aromatic rings. The normalized spacial score (nSPS) is 30.8. The number of amides is 2. The number of nitriles is 1. The predicted octanol–water partition coefficient (Wildman–Crippen LogP) is 3.38. The molecule has 2 amide bonds. The summed E-state index contributed by atoms with van der Waals surface area (Å²) in [6.07, 6.45) is 6.28. The fourth-order valence-corrected chi connectivity index (χ4v) is 5.79.